The molecule has 0 aliphatic carbocycles. The van der Waals surface area contributed by atoms with Crippen molar-refractivity contribution in [2.75, 3.05) is 20.4 Å². The molecule has 1 aliphatic heterocycles. The van der Waals surface area contributed by atoms with Gasteiger partial charge >= 0.3 is 11.9 Å². The summed E-state index contributed by atoms with van der Waals surface area (Å²) < 4.78 is 10.5. The number of hydrogen-bond donors (Lipinski definition) is 3. The summed E-state index contributed by atoms with van der Waals surface area (Å²) in [7, 11) is 1.95. The van der Waals surface area contributed by atoms with Crippen molar-refractivity contribution in [1.82, 2.24) is 5.32 Å². The lowest BCUT2D eigenvalue weighted by molar-refractivity contribution is -0.134. The predicted octanol–water partition coefficient (Wildman–Crippen LogP) is 0.889. The van der Waals surface area contributed by atoms with Crippen LogP contribution in [0.25, 0.3) is 0 Å². The number of fused-ring (bicyclic) bond motifs is 1. The van der Waals surface area contributed by atoms with Crippen LogP contribution in [-0.2, 0) is 16.0 Å². The van der Waals surface area contributed by atoms with E-state index in [4.69, 9.17) is 19.7 Å². The Labute approximate surface area is 121 Å². The van der Waals surface area contributed by atoms with Gasteiger partial charge in [0.1, 0.15) is 0 Å². The van der Waals surface area contributed by atoms with E-state index in [0.717, 1.165) is 24.5 Å². The van der Waals surface area contributed by atoms with E-state index in [2.05, 4.69) is 11.4 Å². The maximum absolute atomic E-state index is 9.55. The summed E-state index contributed by atoms with van der Waals surface area (Å²) >= 11 is 0. The van der Waals surface area contributed by atoms with Crippen molar-refractivity contribution in [1.29, 1.82) is 0 Å². The van der Waals surface area contributed by atoms with Crippen LogP contribution in [0, 0.1) is 0 Å². The van der Waals surface area contributed by atoms with Crippen molar-refractivity contribution < 1.29 is 29.3 Å². The van der Waals surface area contributed by atoms with Crippen molar-refractivity contribution in [3.05, 3.63) is 35.9 Å². The second-order valence-electron chi connectivity index (χ2n) is 4.05. The average molecular weight is 295 g/mol. The van der Waals surface area contributed by atoms with Crippen LogP contribution < -0.4 is 14.8 Å². The molecule has 3 N–H and O–H groups in total. The number of carboxylic acids is 2. The second kappa shape index (κ2) is 8.60. The van der Waals surface area contributed by atoms with Crippen LogP contribution in [0.3, 0.4) is 0 Å². The molecule has 7 heteroatoms. The van der Waals surface area contributed by atoms with Gasteiger partial charge in [-0.2, -0.15) is 0 Å². The Morgan fingerprint density at radius 1 is 1.19 bits per heavy atom. The largest absolute Gasteiger partial charge is 0.478 e. The maximum Gasteiger partial charge on any atom is 0.328 e. The molecule has 0 unspecified atom stereocenters. The number of likely N-dealkylation sites (N-methyl/N-ethyl adjacent to an activating group) is 1. The monoisotopic (exact) mass is 295 g/mol. The Hall–Kier alpha value is -2.54. The number of carboxylic acid groups (broad SMARTS) is 2. The highest BCUT2D eigenvalue weighted by Gasteiger charge is 2.12. The molecule has 0 atom stereocenters. The van der Waals surface area contributed by atoms with E-state index in [9.17, 15) is 9.59 Å². The van der Waals surface area contributed by atoms with Crippen LogP contribution in [0.4, 0.5) is 0 Å². The third kappa shape index (κ3) is 6.44. The topological polar surface area (TPSA) is 105 Å². The molecule has 0 saturated heterocycles. The molecule has 21 heavy (non-hydrogen) atoms. The van der Waals surface area contributed by atoms with E-state index in [0.29, 0.717) is 18.9 Å². The molecule has 1 aliphatic rings. The fraction of sp³-hybridized carbons (Fsp3) is 0.286. The minimum absolute atomic E-state index is 0.352. The van der Waals surface area contributed by atoms with E-state index >= 15 is 0 Å². The average Bonchev–Trinajstić information content (AvgIpc) is 2.91. The van der Waals surface area contributed by atoms with Gasteiger partial charge in [0, 0.05) is 12.2 Å². The number of aliphatic carboxylic acids is 2. The van der Waals surface area contributed by atoms with Gasteiger partial charge in [-0.15, -0.1) is 0 Å². The molecule has 0 radical (unpaired) electrons. The Morgan fingerprint density at radius 3 is 2.38 bits per heavy atom. The van der Waals surface area contributed by atoms with E-state index in [1.807, 2.05) is 19.2 Å². The van der Waals surface area contributed by atoms with Crippen LogP contribution >= 0.6 is 0 Å². The summed E-state index contributed by atoms with van der Waals surface area (Å²) in [4.78, 5) is 19.1. The van der Waals surface area contributed by atoms with Crippen LogP contribution in [0.15, 0.2) is 30.4 Å². The van der Waals surface area contributed by atoms with Gasteiger partial charge in [0.25, 0.3) is 0 Å². The fourth-order valence-corrected chi connectivity index (χ4v) is 1.51. The van der Waals surface area contributed by atoms with Gasteiger partial charge < -0.3 is 25.0 Å². The highest BCUT2D eigenvalue weighted by molar-refractivity contribution is 5.89. The second-order valence-corrected chi connectivity index (χ2v) is 4.05. The summed E-state index contributed by atoms with van der Waals surface area (Å²) in [5.74, 6) is -0.790. The van der Waals surface area contributed by atoms with E-state index in [1.54, 1.807) is 0 Å². The Bertz CT molecular complexity index is 510. The number of nitrogens with one attached hydrogen (secondary N) is 1. The van der Waals surface area contributed by atoms with E-state index in [1.165, 1.54) is 5.56 Å². The zero-order valence-corrected chi connectivity index (χ0v) is 11.5. The van der Waals surface area contributed by atoms with Crippen molar-refractivity contribution in [2.24, 2.45) is 0 Å². The molecule has 114 valence electrons. The van der Waals surface area contributed by atoms with Crippen LogP contribution in [0.5, 0.6) is 11.5 Å². The molecule has 1 heterocycles. The summed E-state index contributed by atoms with van der Waals surface area (Å²) in [6.07, 6.45) is 2.14. The molecule has 1 aromatic carbocycles. The molecule has 0 bridgehead atoms. The third-order valence-electron chi connectivity index (χ3n) is 2.47. The SMILES string of the molecule is CNCCc1ccc2c(c1)OCO2.O=C(O)/C=C/C(=O)O. The van der Waals surface area contributed by atoms with Gasteiger partial charge in [-0.25, -0.2) is 9.59 Å². The Kier molecular flexibility index (Phi) is 6.76. The van der Waals surface area contributed by atoms with Crippen molar-refractivity contribution in [3.8, 4) is 11.5 Å². The minimum atomic E-state index is -1.26. The normalized spacial score (nSPS) is 11.9. The number of carbonyl (C=O) groups is 2. The first-order chi connectivity index (χ1) is 10.0. The standard InChI is InChI=1S/C10H13NO2.C4H4O4/c1-11-5-4-8-2-3-9-10(6-8)13-7-12-9;5-3(6)1-2-4(7)8/h2-3,6,11H,4-5,7H2,1H3;1-2H,(H,5,6)(H,7,8)/b;2-1+. The molecule has 0 amide bonds. The Morgan fingerprint density at radius 2 is 1.81 bits per heavy atom. The number of hydrogen-bond acceptors (Lipinski definition) is 5. The van der Waals surface area contributed by atoms with Gasteiger partial charge in [0.2, 0.25) is 6.79 Å². The van der Waals surface area contributed by atoms with Gasteiger partial charge in [-0.3, -0.25) is 0 Å². The highest BCUT2D eigenvalue weighted by atomic mass is 16.7. The van der Waals surface area contributed by atoms with Gasteiger partial charge in [-0.1, -0.05) is 6.07 Å². The summed E-state index contributed by atoms with van der Waals surface area (Å²) in [5, 5.41) is 18.7. The molecular formula is C14H17NO6. The van der Waals surface area contributed by atoms with Crippen molar-refractivity contribution >= 4 is 11.9 Å². The number of ether oxygens (including phenoxy) is 2. The smallest absolute Gasteiger partial charge is 0.328 e. The lowest BCUT2D eigenvalue weighted by atomic mass is 10.1. The molecule has 0 spiro atoms. The summed E-state index contributed by atoms with van der Waals surface area (Å²) in [6.45, 7) is 1.34. The number of rotatable bonds is 5. The van der Waals surface area contributed by atoms with Crippen molar-refractivity contribution in [2.45, 2.75) is 6.42 Å². The lowest BCUT2D eigenvalue weighted by Gasteiger charge is -2.01. The number of benzene rings is 1. The first-order valence-corrected chi connectivity index (χ1v) is 6.20. The first-order valence-electron chi connectivity index (χ1n) is 6.20. The van der Waals surface area contributed by atoms with Crippen molar-refractivity contribution in [3.63, 3.8) is 0 Å². The van der Waals surface area contributed by atoms with Crippen LogP contribution in [0.1, 0.15) is 5.56 Å². The quantitative estimate of drug-likeness (QED) is 0.693. The lowest BCUT2D eigenvalue weighted by Crippen LogP contribution is -2.10. The van der Waals surface area contributed by atoms with Gasteiger partial charge in [0.05, 0.1) is 0 Å². The molecule has 0 saturated carbocycles. The molecular weight excluding hydrogens is 278 g/mol. The zero-order chi connectivity index (χ0) is 15.7. The van der Waals surface area contributed by atoms with E-state index in [-0.39, 0.29) is 0 Å². The molecule has 7 nitrogen and oxygen atoms in total. The fourth-order valence-electron chi connectivity index (χ4n) is 1.51. The Balaban J connectivity index is 0.000000240. The third-order valence-corrected chi connectivity index (χ3v) is 2.47. The maximum atomic E-state index is 9.55. The van der Waals surface area contributed by atoms with Gasteiger partial charge in [0.15, 0.2) is 11.5 Å². The molecule has 2 rings (SSSR count). The molecule has 1 aromatic rings. The minimum Gasteiger partial charge on any atom is -0.478 e. The first kappa shape index (κ1) is 16.5. The van der Waals surface area contributed by atoms with Crippen LogP contribution in [0.2, 0.25) is 0 Å². The highest BCUT2D eigenvalue weighted by Crippen LogP contribution is 2.32. The predicted molar refractivity (Wildman–Crippen MR) is 74.6 cm³/mol. The molecule has 0 aromatic heterocycles. The summed E-state index contributed by atoms with van der Waals surface area (Å²) in [5.41, 5.74) is 1.28. The molecule has 0 fully saturated rings. The van der Waals surface area contributed by atoms with Crippen LogP contribution in [-0.4, -0.2) is 42.5 Å². The zero-order valence-electron chi connectivity index (χ0n) is 11.5. The van der Waals surface area contributed by atoms with Gasteiger partial charge in [-0.05, 0) is 37.7 Å². The van der Waals surface area contributed by atoms with E-state index < -0.39 is 11.9 Å². The summed E-state index contributed by atoms with van der Waals surface area (Å²) in [6, 6.07) is 6.08.